The highest BCUT2D eigenvalue weighted by Crippen LogP contribution is 2.36. The molecular formula is C9H11N5O4S3. The number of thiazole rings is 1. The SMILES string of the molecule is NNc1sc(S(=O)(=O)NCCc2cscn2)cc1[N+](=O)[O-]. The Labute approximate surface area is 128 Å². The molecule has 0 aliphatic heterocycles. The van der Waals surface area contributed by atoms with E-state index >= 15 is 0 Å². The van der Waals surface area contributed by atoms with Crippen LogP contribution in [0.5, 0.6) is 0 Å². The van der Waals surface area contributed by atoms with Gasteiger partial charge in [0.25, 0.3) is 0 Å². The van der Waals surface area contributed by atoms with Crippen LogP contribution in [0, 0.1) is 10.1 Å². The summed E-state index contributed by atoms with van der Waals surface area (Å²) in [6.45, 7) is 0.156. The number of anilines is 1. The van der Waals surface area contributed by atoms with Gasteiger partial charge in [0.2, 0.25) is 10.0 Å². The second-order valence-corrected chi connectivity index (χ2v) is 7.57. The minimum Gasteiger partial charge on any atom is -0.310 e. The lowest BCUT2D eigenvalue weighted by molar-refractivity contribution is -0.383. The third-order valence-corrected chi connectivity index (χ3v) is 6.06. The summed E-state index contributed by atoms with van der Waals surface area (Å²) in [5.74, 6) is 5.14. The molecule has 12 heteroatoms. The highest BCUT2D eigenvalue weighted by atomic mass is 32.2. The van der Waals surface area contributed by atoms with Crippen LogP contribution in [0.15, 0.2) is 21.2 Å². The summed E-state index contributed by atoms with van der Waals surface area (Å²) < 4.78 is 26.3. The standard InChI is InChI=1S/C9H11N5O4S3/c10-13-9-7(14(15)16)3-8(20-9)21(17,18)12-2-1-6-4-19-5-11-6/h3-5,12-13H,1-2,10H2. The molecule has 0 atom stereocenters. The van der Waals surface area contributed by atoms with Crippen molar-refractivity contribution in [2.75, 3.05) is 12.0 Å². The van der Waals surface area contributed by atoms with E-state index < -0.39 is 14.9 Å². The van der Waals surface area contributed by atoms with Gasteiger partial charge in [0, 0.05) is 24.4 Å². The smallest absolute Gasteiger partial charge is 0.306 e. The number of thiophene rings is 1. The molecule has 0 fully saturated rings. The van der Waals surface area contributed by atoms with Crippen molar-refractivity contribution in [2.45, 2.75) is 10.6 Å². The third kappa shape index (κ3) is 3.74. The van der Waals surface area contributed by atoms with Crippen molar-refractivity contribution >= 4 is 43.4 Å². The highest BCUT2D eigenvalue weighted by molar-refractivity contribution is 7.91. The second-order valence-electron chi connectivity index (χ2n) is 3.81. The van der Waals surface area contributed by atoms with Gasteiger partial charge in [-0.2, -0.15) is 0 Å². The molecular weight excluding hydrogens is 338 g/mol. The Morgan fingerprint density at radius 2 is 2.24 bits per heavy atom. The summed E-state index contributed by atoms with van der Waals surface area (Å²) in [6, 6.07) is 0.977. The molecule has 2 aromatic heterocycles. The van der Waals surface area contributed by atoms with Crippen molar-refractivity contribution in [2.24, 2.45) is 5.84 Å². The zero-order valence-electron chi connectivity index (χ0n) is 10.5. The second kappa shape index (κ2) is 6.44. The van der Waals surface area contributed by atoms with Crippen LogP contribution in [0.1, 0.15) is 5.69 Å². The van der Waals surface area contributed by atoms with Gasteiger partial charge < -0.3 is 5.43 Å². The van der Waals surface area contributed by atoms with Crippen LogP contribution < -0.4 is 16.0 Å². The molecule has 2 heterocycles. The summed E-state index contributed by atoms with van der Waals surface area (Å²) >= 11 is 2.12. The molecule has 21 heavy (non-hydrogen) atoms. The number of nitrogens with zero attached hydrogens (tertiary/aromatic N) is 2. The van der Waals surface area contributed by atoms with Gasteiger partial charge in [0.1, 0.15) is 4.21 Å². The van der Waals surface area contributed by atoms with Gasteiger partial charge in [-0.05, 0) is 0 Å². The van der Waals surface area contributed by atoms with Gasteiger partial charge in [-0.25, -0.2) is 24.0 Å². The average Bonchev–Trinajstić information content (AvgIpc) is 3.07. The van der Waals surface area contributed by atoms with Crippen LogP contribution in [-0.2, 0) is 16.4 Å². The zero-order valence-corrected chi connectivity index (χ0v) is 12.9. The molecule has 2 aromatic rings. The summed E-state index contributed by atoms with van der Waals surface area (Å²) in [6.07, 6.45) is 0.443. The molecule has 0 saturated carbocycles. The van der Waals surface area contributed by atoms with Gasteiger partial charge in [-0.15, -0.1) is 11.3 Å². The van der Waals surface area contributed by atoms with Crippen molar-refractivity contribution in [3.63, 3.8) is 0 Å². The van der Waals surface area contributed by atoms with E-state index in [0.29, 0.717) is 17.8 Å². The molecule has 0 radical (unpaired) electrons. The van der Waals surface area contributed by atoms with Gasteiger partial charge in [-0.3, -0.25) is 10.1 Å². The average molecular weight is 349 g/mol. The van der Waals surface area contributed by atoms with Crippen LogP contribution in [0.2, 0.25) is 0 Å². The lowest BCUT2D eigenvalue weighted by Crippen LogP contribution is -2.25. The molecule has 4 N–H and O–H groups in total. The number of hydrogen-bond donors (Lipinski definition) is 3. The molecule has 0 amide bonds. The van der Waals surface area contributed by atoms with Gasteiger partial charge in [0.15, 0.2) is 5.00 Å². The van der Waals surface area contributed by atoms with Crippen molar-refractivity contribution in [3.8, 4) is 0 Å². The maximum atomic E-state index is 12.1. The normalized spacial score (nSPS) is 11.5. The van der Waals surface area contributed by atoms with Crippen molar-refractivity contribution in [1.82, 2.24) is 9.71 Å². The maximum Gasteiger partial charge on any atom is 0.306 e. The third-order valence-electron chi connectivity index (χ3n) is 2.44. The molecule has 9 nitrogen and oxygen atoms in total. The van der Waals surface area contributed by atoms with E-state index in [0.717, 1.165) is 11.8 Å². The predicted molar refractivity (Wildman–Crippen MR) is 79.8 cm³/mol. The van der Waals surface area contributed by atoms with Gasteiger partial charge in [-0.1, -0.05) is 11.3 Å². The lowest BCUT2D eigenvalue weighted by Gasteiger charge is -2.02. The first kappa shape index (κ1) is 15.8. The minimum atomic E-state index is -3.81. The first-order valence-corrected chi connectivity index (χ1v) is 8.80. The lowest BCUT2D eigenvalue weighted by atomic mass is 10.3. The Kier molecular flexibility index (Phi) is 4.84. The number of aromatic nitrogens is 1. The quantitative estimate of drug-likeness (QED) is 0.383. The first-order valence-electron chi connectivity index (χ1n) is 5.55. The van der Waals surface area contributed by atoms with E-state index in [2.05, 4.69) is 15.1 Å². The minimum absolute atomic E-state index is 0.0140. The number of hydrogen-bond acceptors (Lipinski definition) is 9. The van der Waals surface area contributed by atoms with Crippen LogP contribution in [0.3, 0.4) is 0 Å². The fraction of sp³-hybridized carbons (Fsp3) is 0.222. The monoisotopic (exact) mass is 349 g/mol. The van der Waals surface area contributed by atoms with Crippen molar-refractivity contribution < 1.29 is 13.3 Å². The number of nitrogens with one attached hydrogen (secondary N) is 2. The van der Waals surface area contributed by atoms with Crippen LogP contribution >= 0.6 is 22.7 Å². The number of nitrogens with two attached hydrogens (primary N) is 1. The summed E-state index contributed by atoms with van der Waals surface area (Å²) in [5.41, 5.74) is 4.19. The molecule has 0 spiro atoms. The van der Waals surface area contributed by atoms with E-state index in [1.165, 1.54) is 11.3 Å². The molecule has 0 aromatic carbocycles. The molecule has 114 valence electrons. The zero-order chi connectivity index (χ0) is 15.5. The number of sulfonamides is 1. The summed E-state index contributed by atoms with van der Waals surface area (Å²) in [5, 5.41) is 12.6. The number of nitrogen functional groups attached to an aromatic ring is 1. The number of hydrazine groups is 1. The van der Waals surface area contributed by atoms with Crippen molar-refractivity contribution in [1.29, 1.82) is 0 Å². The largest absolute Gasteiger partial charge is 0.310 e. The molecule has 0 saturated heterocycles. The fourth-order valence-corrected chi connectivity index (χ4v) is 4.38. The van der Waals surface area contributed by atoms with E-state index in [9.17, 15) is 18.5 Å². The molecule has 2 rings (SSSR count). The topological polar surface area (TPSA) is 140 Å². The molecule has 0 aliphatic rings. The molecule has 0 bridgehead atoms. The first-order chi connectivity index (χ1) is 9.94. The van der Waals surface area contributed by atoms with E-state index in [1.807, 2.05) is 5.38 Å². The fourth-order valence-electron chi connectivity index (χ4n) is 1.48. The Bertz CT molecular complexity index is 725. The van der Waals surface area contributed by atoms with Crippen LogP contribution in [0.25, 0.3) is 0 Å². The summed E-state index contributed by atoms with van der Waals surface area (Å²) in [7, 11) is -3.81. The van der Waals surface area contributed by atoms with Crippen molar-refractivity contribution in [3.05, 3.63) is 32.8 Å². The highest BCUT2D eigenvalue weighted by Gasteiger charge is 2.25. The number of nitro groups is 1. The Hall–Kier alpha value is -1.60. The van der Waals surface area contributed by atoms with Crippen LogP contribution in [0.4, 0.5) is 10.7 Å². The van der Waals surface area contributed by atoms with Crippen LogP contribution in [-0.4, -0.2) is 24.9 Å². The van der Waals surface area contributed by atoms with Gasteiger partial charge in [0.05, 0.1) is 16.1 Å². The number of rotatable bonds is 7. The van der Waals surface area contributed by atoms with E-state index in [4.69, 9.17) is 5.84 Å². The predicted octanol–water partition coefficient (Wildman–Crippen LogP) is 0.919. The molecule has 0 unspecified atom stereocenters. The van der Waals surface area contributed by atoms with Gasteiger partial charge >= 0.3 is 5.69 Å². The summed E-state index contributed by atoms with van der Waals surface area (Å²) in [4.78, 5) is 14.1. The van der Waals surface area contributed by atoms with E-state index in [-0.39, 0.29) is 21.4 Å². The molecule has 0 aliphatic carbocycles. The Balaban J connectivity index is 2.10. The van der Waals surface area contributed by atoms with E-state index in [1.54, 1.807) is 5.51 Å². The maximum absolute atomic E-state index is 12.1. The Morgan fingerprint density at radius 1 is 1.48 bits per heavy atom. The Morgan fingerprint density at radius 3 is 2.76 bits per heavy atom.